The molecule has 1 aromatic heterocycles. The van der Waals surface area contributed by atoms with Crippen molar-refractivity contribution in [2.24, 2.45) is 5.92 Å². The Bertz CT molecular complexity index is 661. The minimum absolute atomic E-state index is 0. The molecule has 1 aliphatic heterocycles. The Morgan fingerprint density at radius 1 is 1.24 bits per heavy atom. The van der Waals surface area contributed by atoms with Crippen molar-refractivity contribution in [3.05, 3.63) is 47.2 Å². The Labute approximate surface area is 162 Å². The predicted molar refractivity (Wildman–Crippen MR) is 108 cm³/mol. The molecule has 1 aliphatic rings. The molecule has 2 aromatic rings. The van der Waals surface area contributed by atoms with Crippen LogP contribution in [0, 0.1) is 5.92 Å². The minimum Gasteiger partial charge on any atom is -0.371 e. The zero-order valence-corrected chi connectivity index (χ0v) is 16.8. The van der Waals surface area contributed by atoms with Gasteiger partial charge in [-0.1, -0.05) is 11.6 Å². The SMILES string of the molecule is CC(C)(C)n1cc(CNCC2CCN(c3ccc(Cl)cc3)C2)cn1.Cl. The van der Waals surface area contributed by atoms with E-state index < -0.39 is 0 Å². The fraction of sp³-hybridized carbons (Fsp3) is 0.526. The molecule has 1 N–H and O–H groups in total. The molecule has 4 nitrogen and oxygen atoms in total. The molecule has 25 heavy (non-hydrogen) atoms. The lowest BCUT2D eigenvalue weighted by atomic mass is 10.1. The highest BCUT2D eigenvalue weighted by molar-refractivity contribution is 6.30. The standard InChI is InChI=1S/C19H27ClN4.ClH/c1-19(2,3)24-14-16(12-22-24)11-21-10-15-8-9-23(13-15)18-6-4-17(20)5-7-18;/h4-7,12,14-15,21H,8-11,13H2,1-3H3;1H. The van der Waals surface area contributed by atoms with Crippen molar-refractivity contribution in [1.29, 1.82) is 0 Å². The number of nitrogens with one attached hydrogen (secondary N) is 1. The number of benzene rings is 1. The third-order valence-corrected chi connectivity index (χ3v) is 4.82. The Balaban J connectivity index is 0.00000225. The maximum Gasteiger partial charge on any atom is 0.0543 e. The average Bonchev–Trinajstić information content (AvgIpc) is 3.17. The van der Waals surface area contributed by atoms with E-state index in [0.717, 1.165) is 31.2 Å². The first kappa shape index (κ1) is 20.1. The number of halogens is 2. The van der Waals surface area contributed by atoms with Crippen LogP contribution in [0.25, 0.3) is 0 Å². The third-order valence-electron chi connectivity index (χ3n) is 4.56. The van der Waals surface area contributed by atoms with Gasteiger partial charge >= 0.3 is 0 Å². The maximum atomic E-state index is 5.97. The number of hydrogen-bond donors (Lipinski definition) is 1. The molecule has 0 spiro atoms. The number of rotatable bonds is 5. The molecular weight excluding hydrogens is 355 g/mol. The summed E-state index contributed by atoms with van der Waals surface area (Å²) in [6.45, 7) is 10.7. The van der Waals surface area contributed by atoms with Crippen molar-refractivity contribution < 1.29 is 0 Å². The zero-order valence-electron chi connectivity index (χ0n) is 15.2. The molecule has 0 aliphatic carbocycles. The van der Waals surface area contributed by atoms with Crippen LogP contribution in [0.2, 0.25) is 5.02 Å². The maximum absolute atomic E-state index is 5.97. The fourth-order valence-electron chi connectivity index (χ4n) is 3.12. The van der Waals surface area contributed by atoms with E-state index in [4.69, 9.17) is 11.6 Å². The summed E-state index contributed by atoms with van der Waals surface area (Å²) in [6.07, 6.45) is 5.34. The second-order valence-electron chi connectivity index (χ2n) is 7.67. The second kappa shape index (κ2) is 8.43. The Morgan fingerprint density at radius 2 is 1.96 bits per heavy atom. The van der Waals surface area contributed by atoms with Gasteiger partial charge in [0.1, 0.15) is 0 Å². The summed E-state index contributed by atoms with van der Waals surface area (Å²) in [7, 11) is 0. The highest BCUT2D eigenvalue weighted by Gasteiger charge is 2.22. The molecule has 1 unspecified atom stereocenters. The second-order valence-corrected chi connectivity index (χ2v) is 8.11. The van der Waals surface area contributed by atoms with Crippen LogP contribution in [0.15, 0.2) is 36.7 Å². The molecular formula is C19H28Cl2N4. The average molecular weight is 383 g/mol. The van der Waals surface area contributed by atoms with Gasteiger partial charge in [0.2, 0.25) is 0 Å². The lowest BCUT2D eigenvalue weighted by Crippen LogP contribution is -2.26. The van der Waals surface area contributed by atoms with Crippen molar-refractivity contribution in [2.45, 2.75) is 39.3 Å². The molecule has 6 heteroatoms. The van der Waals surface area contributed by atoms with Gasteiger partial charge in [-0.2, -0.15) is 5.10 Å². The number of nitrogens with zero attached hydrogens (tertiary/aromatic N) is 3. The summed E-state index contributed by atoms with van der Waals surface area (Å²) >= 11 is 5.97. The van der Waals surface area contributed by atoms with Gasteiger partial charge in [0.15, 0.2) is 0 Å². The van der Waals surface area contributed by atoms with Crippen molar-refractivity contribution in [3.63, 3.8) is 0 Å². The largest absolute Gasteiger partial charge is 0.371 e. The highest BCUT2D eigenvalue weighted by atomic mass is 35.5. The smallest absolute Gasteiger partial charge is 0.0543 e. The van der Waals surface area contributed by atoms with Crippen LogP contribution < -0.4 is 10.2 Å². The van der Waals surface area contributed by atoms with Gasteiger partial charge in [-0.15, -0.1) is 12.4 Å². The molecule has 1 fully saturated rings. The molecule has 0 amide bonds. The Morgan fingerprint density at radius 3 is 2.60 bits per heavy atom. The first-order chi connectivity index (χ1) is 11.4. The van der Waals surface area contributed by atoms with E-state index in [2.05, 4.69) is 54.4 Å². The van der Waals surface area contributed by atoms with Crippen LogP contribution in [0.1, 0.15) is 32.8 Å². The summed E-state index contributed by atoms with van der Waals surface area (Å²) in [5.41, 5.74) is 2.56. The minimum atomic E-state index is 0. The fourth-order valence-corrected chi connectivity index (χ4v) is 3.25. The summed E-state index contributed by atoms with van der Waals surface area (Å²) in [5, 5.41) is 8.84. The van der Waals surface area contributed by atoms with Gasteiger partial charge in [0.25, 0.3) is 0 Å². The molecule has 138 valence electrons. The molecule has 1 saturated heterocycles. The van der Waals surface area contributed by atoms with Crippen LogP contribution >= 0.6 is 24.0 Å². The van der Waals surface area contributed by atoms with Crippen LogP contribution in [-0.4, -0.2) is 29.4 Å². The van der Waals surface area contributed by atoms with E-state index in [1.807, 2.05) is 23.0 Å². The third kappa shape index (κ3) is 5.37. The summed E-state index contributed by atoms with van der Waals surface area (Å²) in [4.78, 5) is 2.44. The van der Waals surface area contributed by atoms with Gasteiger partial charge in [-0.3, -0.25) is 4.68 Å². The quantitative estimate of drug-likeness (QED) is 0.834. The first-order valence-electron chi connectivity index (χ1n) is 8.67. The predicted octanol–water partition coefficient (Wildman–Crippen LogP) is 4.33. The molecule has 0 saturated carbocycles. The van der Waals surface area contributed by atoms with Gasteiger partial charge in [-0.05, 0) is 57.4 Å². The van der Waals surface area contributed by atoms with Gasteiger partial charge in [0, 0.05) is 48.6 Å². The van der Waals surface area contributed by atoms with Crippen LogP contribution in [0.5, 0.6) is 0 Å². The van der Waals surface area contributed by atoms with Crippen LogP contribution in [0.4, 0.5) is 5.69 Å². The lowest BCUT2D eigenvalue weighted by molar-refractivity contribution is 0.355. The summed E-state index contributed by atoms with van der Waals surface area (Å²) < 4.78 is 2.03. The summed E-state index contributed by atoms with van der Waals surface area (Å²) in [6, 6.07) is 8.16. The van der Waals surface area contributed by atoms with E-state index in [-0.39, 0.29) is 17.9 Å². The normalized spacial score (nSPS) is 17.6. The van der Waals surface area contributed by atoms with Gasteiger partial charge in [0.05, 0.1) is 11.7 Å². The van der Waals surface area contributed by atoms with E-state index in [9.17, 15) is 0 Å². The molecule has 1 atom stereocenters. The van der Waals surface area contributed by atoms with E-state index in [0.29, 0.717) is 5.92 Å². The van der Waals surface area contributed by atoms with Crippen molar-refractivity contribution in [1.82, 2.24) is 15.1 Å². The van der Waals surface area contributed by atoms with E-state index >= 15 is 0 Å². The van der Waals surface area contributed by atoms with Gasteiger partial charge < -0.3 is 10.2 Å². The first-order valence-corrected chi connectivity index (χ1v) is 9.05. The lowest BCUT2D eigenvalue weighted by Gasteiger charge is -2.19. The number of aromatic nitrogens is 2. The topological polar surface area (TPSA) is 33.1 Å². The van der Waals surface area contributed by atoms with Crippen molar-refractivity contribution in [2.75, 3.05) is 24.5 Å². The van der Waals surface area contributed by atoms with Crippen LogP contribution in [0.3, 0.4) is 0 Å². The summed E-state index contributed by atoms with van der Waals surface area (Å²) in [5.74, 6) is 0.693. The molecule has 0 bridgehead atoms. The number of hydrogen-bond acceptors (Lipinski definition) is 3. The van der Waals surface area contributed by atoms with E-state index in [1.54, 1.807) is 0 Å². The molecule has 2 heterocycles. The van der Waals surface area contributed by atoms with Gasteiger partial charge in [-0.25, -0.2) is 0 Å². The zero-order chi connectivity index (χ0) is 17.2. The molecule has 0 radical (unpaired) electrons. The molecule has 1 aromatic carbocycles. The van der Waals surface area contributed by atoms with Crippen LogP contribution in [-0.2, 0) is 12.1 Å². The molecule has 3 rings (SSSR count). The van der Waals surface area contributed by atoms with Crippen molar-refractivity contribution in [3.8, 4) is 0 Å². The monoisotopic (exact) mass is 382 g/mol. The Kier molecular flexibility index (Phi) is 6.78. The van der Waals surface area contributed by atoms with Crippen molar-refractivity contribution >= 4 is 29.7 Å². The number of anilines is 1. The highest BCUT2D eigenvalue weighted by Crippen LogP contribution is 2.24. The Hall–Kier alpha value is -1.23. The van der Waals surface area contributed by atoms with E-state index in [1.165, 1.54) is 17.7 Å².